The van der Waals surface area contributed by atoms with Crippen LogP contribution in [0.3, 0.4) is 0 Å². The molecule has 0 saturated carbocycles. The zero-order valence-corrected chi connectivity index (χ0v) is 21.1. The van der Waals surface area contributed by atoms with Crippen LogP contribution in [-0.2, 0) is 6.54 Å². The Morgan fingerprint density at radius 2 is 1.92 bits per heavy atom. The van der Waals surface area contributed by atoms with Gasteiger partial charge < -0.3 is 10.6 Å². The number of halogens is 1. The Hall–Kier alpha value is -4.00. The number of fused-ring (bicyclic) bond motifs is 2. The quantitative estimate of drug-likeness (QED) is 0.323. The van der Waals surface area contributed by atoms with Gasteiger partial charge in [-0.1, -0.05) is 43.8 Å². The number of carbonyl (C=O) groups excluding carboxylic acids is 2. The van der Waals surface area contributed by atoms with Crippen LogP contribution in [-0.4, -0.2) is 16.8 Å². The molecule has 2 amide bonds. The van der Waals surface area contributed by atoms with Crippen molar-refractivity contribution in [1.82, 2.24) is 10.3 Å². The van der Waals surface area contributed by atoms with Crippen LogP contribution in [0.4, 0.5) is 10.1 Å². The molecule has 0 aliphatic carbocycles. The van der Waals surface area contributed by atoms with E-state index in [2.05, 4.69) is 15.6 Å². The van der Waals surface area contributed by atoms with Crippen LogP contribution in [0.15, 0.2) is 76.7 Å². The zero-order valence-electron chi connectivity index (χ0n) is 19.5. The lowest BCUT2D eigenvalue weighted by atomic mass is 10.1. The fourth-order valence-corrected chi connectivity index (χ4v) is 5.30. The van der Waals surface area contributed by atoms with E-state index in [1.807, 2.05) is 38.1 Å². The first kappa shape index (κ1) is 25.1. The van der Waals surface area contributed by atoms with Gasteiger partial charge in [-0.15, -0.1) is 11.3 Å². The Morgan fingerprint density at radius 3 is 2.69 bits per heavy atom. The lowest BCUT2D eigenvalue weighted by Gasteiger charge is -2.09. The van der Waals surface area contributed by atoms with Crippen molar-refractivity contribution in [1.29, 1.82) is 5.26 Å². The van der Waals surface area contributed by atoms with Crippen LogP contribution in [0.25, 0.3) is 10.6 Å². The number of nitriles is 1. The molecule has 1 aromatic heterocycles. The van der Waals surface area contributed by atoms with Gasteiger partial charge in [-0.25, -0.2) is 9.37 Å². The molecule has 0 saturated heterocycles. The highest BCUT2D eigenvalue weighted by atomic mass is 32.2. The fraction of sp³-hybridized carbons (Fsp3) is 0.111. The second-order valence-corrected chi connectivity index (χ2v) is 9.58. The molecule has 3 aromatic carbocycles. The van der Waals surface area contributed by atoms with Crippen molar-refractivity contribution in [2.24, 2.45) is 0 Å². The Balaban J connectivity index is 0.00000148. The maximum absolute atomic E-state index is 13.9. The number of hydrogen-bond donors (Lipinski definition) is 2. The van der Waals surface area contributed by atoms with Crippen LogP contribution in [0.1, 0.15) is 45.0 Å². The number of amides is 2. The van der Waals surface area contributed by atoms with Gasteiger partial charge in [0, 0.05) is 32.0 Å². The molecular weight excluding hydrogens is 495 g/mol. The number of anilines is 1. The van der Waals surface area contributed by atoms with Crippen molar-refractivity contribution in [2.75, 3.05) is 5.32 Å². The molecule has 0 spiro atoms. The number of aromatic nitrogens is 1. The van der Waals surface area contributed by atoms with E-state index < -0.39 is 5.82 Å². The monoisotopic (exact) mass is 516 g/mol. The molecule has 9 heteroatoms. The molecule has 5 rings (SSSR count). The van der Waals surface area contributed by atoms with Crippen LogP contribution < -0.4 is 10.6 Å². The Labute approximate surface area is 216 Å². The van der Waals surface area contributed by atoms with E-state index in [-0.39, 0.29) is 23.9 Å². The minimum atomic E-state index is -0.596. The summed E-state index contributed by atoms with van der Waals surface area (Å²) in [6.45, 7) is 4.25. The average molecular weight is 517 g/mol. The molecule has 180 valence electrons. The third-order valence-corrected chi connectivity index (χ3v) is 7.35. The van der Waals surface area contributed by atoms with E-state index >= 15 is 0 Å². The van der Waals surface area contributed by atoms with Crippen molar-refractivity contribution >= 4 is 40.6 Å². The molecular formula is C27H21FN4O2S2. The van der Waals surface area contributed by atoms with Crippen molar-refractivity contribution in [3.8, 4) is 16.6 Å². The van der Waals surface area contributed by atoms with Gasteiger partial charge in [0.2, 0.25) is 0 Å². The first-order chi connectivity index (χ1) is 17.5. The molecule has 0 radical (unpaired) electrons. The Bertz CT molecular complexity index is 1490. The predicted octanol–water partition coefficient (Wildman–Crippen LogP) is 6.49. The highest BCUT2D eigenvalue weighted by Gasteiger charge is 2.20. The number of nitrogens with zero attached hydrogens (tertiary/aromatic N) is 2. The van der Waals surface area contributed by atoms with E-state index in [0.717, 1.165) is 14.7 Å². The minimum Gasteiger partial charge on any atom is -0.347 e. The number of thiazole rings is 1. The summed E-state index contributed by atoms with van der Waals surface area (Å²) in [5, 5.41) is 15.2. The molecule has 1 aliphatic rings. The third-order valence-electron chi connectivity index (χ3n) is 5.15. The van der Waals surface area contributed by atoms with Crippen molar-refractivity contribution in [2.45, 2.75) is 30.2 Å². The molecule has 36 heavy (non-hydrogen) atoms. The summed E-state index contributed by atoms with van der Waals surface area (Å²) in [5.74, 6) is -1.10. The average Bonchev–Trinajstić information content (AvgIpc) is 3.33. The van der Waals surface area contributed by atoms with Gasteiger partial charge in [0.05, 0.1) is 23.4 Å². The highest BCUT2D eigenvalue weighted by molar-refractivity contribution is 7.99. The number of carbonyl (C=O) groups is 2. The van der Waals surface area contributed by atoms with E-state index in [1.165, 1.54) is 35.2 Å². The van der Waals surface area contributed by atoms with Crippen LogP contribution in [0.2, 0.25) is 0 Å². The van der Waals surface area contributed by atoms with E-state index in [4.69, 9.17) is 5.26 Å². The molecule has 4 aromatic rings. The van der Waals surface area contributed by atoms with E-state index in [0.29, 0.717) is 27.4 Å². The van der Waals surface area contributed by atoms with Crippen LogP contribution >= 0.6 is 23.1 Å². The van der Waals surface area contributed by atoms with Gasteiger partial charge in [-0.3, -0.25) is 9.59 Å². The second kappa shape index (κ2) is 11.2. The maximum Gasteiger partial charge on any atom is 0.256 e. The molecule has 2 N–H and O–H groups in total. The van der Waals surface area contributed by atoms with E-state index in [1.54, 1.807) is 36.5 Å². The van der Waals surface area contributed by atoms with Gasteiger partial charge in [-0.2, -0.15) is 5.26 Å². The standard InChI is InChI=1S/C25H15FN4O2S2.C2H6/c26-19-9-15(5-6-16(19)11-27)25-29-13-17(33-25)12-28-23(31)14-7-8-22-20(10-14)30-24(32)18-3-1-2-4-21(18)34-22;1-2/h1-10,13H,12H2,(H,28,31)(H,30,32);1-2H3. The Kier molecular flexibility index (Phi) is 7.78. The second-order valence-electron chi connectivity index (χ2n) is 7.38. The van der Waals surface area contributed by atoms with E-state index in [9.17, 15) is 14.0 Å². The predicted molar refractivity (Wildman–Crippen MR) is 140 cm³/mol. The lowest BCUT2D eigenvalue weighted by molar-refractivity contribution is 0.0949. The SMILES string of the molecule is CC.N#Cc1ccc(-c2ncc(CNC(=O)c3ccc4c(c3)NC(=O)c3ccccc3S4)s2)cc1F. The Morgan fingerprint density at radius 1 is 1.11 bits per heavy atom. The molecule has 0 bridgehead atoms. The first-order valence-corrected chi connectivity index (χ1v) is 12.8. The fourth-order valence-electron chi connectivity index (χ4n) is 3.44. The van der Waals surface area contributed by atoms with Gasteiger partial charge >= 0.3 is 0 Å². The van der Waals surface area contributed by atoms with Gasteiger partial charge in [0.1, 0.15) is 16.9 Å². The first-order valence-electron chi connectivity index (χ1n) is 11.2. The summed E-state index contributed by atoms with van der Waals surface area (Å²) in [4.78, 5) is 32.1. The minimum absolute atomic E-state index is 0.0213. The highest BCUT2D eigenvalue weighted by Crippen LogP contribution is 2.39. The summed E-state index contributed by atoms with van der Waals surface area (Å²) < 4.78 is 13.9. The lowest BCUT2D eigenvalue weighted by Crippen LogP contribution is -2.22. The molecule has 0 atom stereocenters. The van der Waals surface area contributed by atoms with Crippen molar-refractivity contribution in [3.05, 3.63) is 94.2 Å². The van der Waals surface area contributed by atoms with Gasteiger partial charge in [-0.05, 0) is 42.5 Å². The molecule has 0 fully saturated rings. The molecule has 0 unspecified atom stereocenters. The largest absolute Gasteiger partial charge is 0.347 e. The summed E-state index contributed by atoms with van der Waals surface area (Å²) in [7, 11) is 0. The van der Waals surface area contributed by atoms with Crippen LogP contribution in [0.5, 0.6) is 0 Å². The number of nitrogens with one attached hydrogen (secondary N) is 2. The number of benzene rings is 3. The third kappa shape index (κ3) is 5.30. The topological polar surface area (TPSA) is 94.9 Å². The van der Waals surface area contributed by atoms with Gasteiger partial charge in [0.25, 0.3) is 11.8 Å². The number of rotatable bonds is 4. The van der Waals surface area contributed by atoms with Gasteiger partial charge in [0.15, 0.2) is 0 Å². The van der Waals surface area contributed by atoms with Crippen LogP contribution in [0, 0.1) is 17.1 Å². The van der Waals surface area contributed by atoms with Crippen molar-refractivity contribution < 1.29 is 14.0 Å². The van der Waals surface area contributed by atoms with Crippen molar-refractivity contribution in [3.63, 3.8) is 0 Å². The summed E-state index contributed by atoms with van der Waals surface area (Å²) >= 11 is 2.80. The molecule has 1 aliphatic heterocycles. The zero-order chi connectivity index (χ0) is 25.7. The molecule has 6 nitrogen and oxygen atoms in total. The smallest absolute Gasteiger partial charge is 0.256 e. The summed E-state index contributed by atoms with van der Waals surface area (Å²) in [6, 6.07) is 18.7. The molecule has 2 heterocycles. The number of hydrogen-bond acceptors (Lipinski definition) is 6. The normalized spacial score (nSPS) is 11.6. The summed E-state index contributed by atoms with van der Waals surface area (Å²) in [6.07, 6.45) is 1.63. The summed E-state index contributed by atoms with van der Waals surface area (Å²) in [5.41, 5.74) is 2.15. The maximum atomic E-state index is 13.9.